The van der Waals surface area contributed by atoms with Crippen molar-refractivity contribution in [2.75, 3.05) is 19.6 Å². The van der Waals surface area contributed by atoms with E-state index < -0.39 is 5.60 Å². The van der Waals surface area contributed by atoms with Crippen LogP contribution in [0.4, 0.5) is 0 Å². The summed E-state index contributed by atoms with van der Waals surface area (Å²) in [6.45, 7) is 1.77. The summed E-state index contributed by atoms with van der Waals surface area (Å²) < 4.78 is 6.82. The highest BCUT2D eigenvalue weighted by Crippen LogP contribution is 2.24. The van der Waals surface area contributed by atoms with Crippen LogP contribution in [0.5, 0.6) is 0 Å². The van der Waals surface area contributed by atoms with E-state index in [-0.39, 0.29) is 31.2 Å². The lowest BCUT2D eigenvalue weighted by Gasteiger charge is -2.37. The molecule has 30 heavy (non-hydrogen) atoms. The van der Waals surface area contributed by atoms with E-state index in [0.717, 1.165) is 5.56 Å². The van der Waals surface area contributed by atoms with E-state index in [1.54, 1.807) is 18.2 Å². The first-order valence-corrected chi connectivity index (χ1v) is 10.1. The van der Waals surface area contributed by atoms with Crippen molar-refractivity contribution in [1.29, 1.82) is 0 Å². The smallest absolute Gasteiger partial charge is 0.320 e. The predicted octanol–water partition coefficient (Wildman–Crippen LogP) is 1.97. The predicted molar refractivity (Wildman–Crippen MR) is 113 cm³/mol. The largest absolute Gasteiger partial charge is 0.460 e. The summed E-state index contributed by atoms with van der Waals surface area (Å²) in [5.41, 5.74) is 0.446. The number of fused-ring (bicyclic) bond motifs is 1. The van der Waals surface area contributed by atoms with Crippen molar-refractivity contribution in [3.8, 4) is 0 Å². The van der Waals surface area contributed by atoms with Gasteiger partial charge in [0, 0.05) is 13.1 Å². The minimum Gasteiger partial charge on any atom is -0.460 e. The molecule has 1 aliphatic heterocycles. The summed E-state index contributed by atoms with van der Waals surface area (Å²) in [4.78, 5) is 31.1. The van der Waals surface area contributed by atoms with E-state index >= 15 is 0 Å². The van der Waals surface area contributed by atoms with Crippen molar-refractivity contribution < 1.29 is 14.6 Å². The zero-order valence-corrected chi connectivity index (χ0v) is 16.7. The van der Waals surface area contributed by atoms with Crippen LogP contribution >= 0.6 is 0 Å². The molecule has 0 aliphatic carbocycles. The molecule has 7 nitrogen and oxygen atoms in total. The number of piperidine rings is 1. The van der Waals surface area contributed by atoms with E-state index in [2.05, 4.69) is 4.98 Å². The fraction of sp³-hybridized carbons (Fsp3) is 0.348. The summed E-state index contributed by atoms with van der Waals surface area (Å²) in [6.07, 6.45) is 2.44. The number of hydrogen-bond donors (Lipinski definition) is 1. The average Bonchev–Trinajstić information content (AvgIpc) is 2.77. The average molecular weight is 407 g/mol. The van der Waals surface area contributed by atoms with Gasteiger partial charge in [-0.05, 0) is 30.5 Å². The highest BCUT2D eigenvalue weighted by Gasteiger charge is 2.33. The van der Waals surface area contributed by atoms with Gasteiger partial charge in [-0.1, -0.05) is 42.5 Å². The maximum Gasteiger partial charge on any atom is 0.320 e. The number of rotatable bonds is 6. The normalized spacial score (nSPS) is 16.4. The molecule has 0 amide bonds. The Balaban J connectivity index is 1.31. The quantitative estimate of drug-likeness (QED) is 0.629. The van der Waals surface area contributed by atoms with E-state index in [9.17, 15) is 14.7 Å². The first kappa shape index (κ1) is 20.3. The first-order chi connectivity index (χ1) is 14.5. The zero-order chi connectivity index (χ0) is 21.0. The van der Waals surface area contributed by atoms with Crippen LogP contribution in [0.2, 0.25) is 0 Å². The number of benzene rings is 2. The van der Waals surface area contributed by atoms with Crippen LogP contribution in [0, 0.1) is 0 Å². The highest BCUT2D eigenvalue weighted by atomic mass is 16.5. The van der Waals surface area contributed by atoms with Gasteiger partial charge in [0.15, 0.2) is 0 Å². The Morgan fingerprint density at radius 1 is 1.07 bits per heavy atom. The number of aliphatic hydroxyl groups is 1. The van der Waals surface area contributed by atoms with E-state index in [4.69, 9.17) is 4.74 Å². The lowest BCUT2D eigenvalue weighted by Crippen LogP contribution is -2.49. The van der Waals surface area contributed by atoms with Gasteiger partial charge in [0.1, 0.15) is 6.61 Å². The van der Waals surface area contributed by atoms with Crippen LogP contribution in [0.25, 0.3) is 10.9 Å². The summed E-state index contributed by atoms with van der Waals surface area (Å²) in [6, 6.07) is 16.8. The Kier molecular flexibility index (Phi) is 5.92. The summed E-state index contributed by atoms with van der Waals surface area (Å²) in [5, 5.41) is 11.5. The Morgan fingerprint density at radius 3 is 2.53 bits per heavy atom. The van der Waals surface area contributed by atoms with E-state index in [1.165, 1.54) is 10.9 Å². The number of nitrogens with zero attached hydrogens (tertiary/aromatic N) is 3. The standard InChI is InChI=1S/C23H25N3O4/c27-21(30-15-18-6-2-1-3-7-18)14-25-12-10-23(29,11-13-25)16-26-17-24-20-9-5-4-8-19(20)22(26)28/h1-9,17,29H,10-16H2. The topological polar surface area (TPSA) is 84.7 Å². The minimum absolute atomic E-state index is 0.152. The summed E-state index contributed by atoms with van der Waals surface area (Å²) >= 11 is 0. The highest BCUT2D eigenvalue weighted by molar-refractivity contribution is 5.76. The van der Waals surface area contributed by atoms with Crippen molar-refractivity contribution in [2.24, 2.45) is 0 Å². The monoisotopic (exact) mass is 407 g/mol. The molecule has 0 radical (unpaired) electrons. The van der Waals surface area contributed by atoms with Crippen LogP contribution < -0.4 is 5.56 Å². The van der Waals surface area contributed by atoms with Crippen LogP contribution in [-0.2, 0) is 22.7 Å². The van der Waals surface area contributed by atoms with E-state index in [1.807, 2.05) is 41.3 Å². The molecular formula is C23H25N3O4. The van der Waals surface area contributed by atoms with Gasteiger partial charge in [0.05, 0.1) is 35.9 Å². The molecule has 156 valence electrons. The minimum atomic E-state index is -1.00. The number of carbonyl (C=O) groups is 1. The fourth-order valence-corrected chi connectivity index (χ4v) is 3.79. The second kappa shape index (κ2) is 8.77. The molecule has 2 aromatic carbocycles. The number of esters is 1. The van der Waals surface area contributed by atoms with Gasteiger partial charge in [0.25, 0.3) is 5.56 Å². The molecule has 3 aromatic rings. The third-order valence-electron chi connectivity index (χ3n) is 5.58. The molecule has 0 saturated carbocycles. The van der Waals surface area contributed by atoms with Crippen molar-refractivity contribution in [2.45, 2.75) is 31.6 Å². The maximum atomic E-state index is 12.7. The molecule has 2 heterocycles. The van der Waals surface area contributed by atoms with Crippen LogP contribution in [0.3, 0.4) is 0 Å². The Morgan fingerprint density at radius 2 is 1.77 bits per heavy atom. The van der Waals surface area contributed by atoms with Crippen molar-refractivity contribution in [3.05, 3.63) is 76.8 Å². The first-order valence-electron chi connectivity index (χ1n) is 10.1. The van der Waals surface area contributed by atoms with Crippen LogP contribution in [-0.4, -0.2) is 50.8 Å². The molecule has 1 saturated heterocycles. The molecule has 0 atom stereocenters. The van der Waals surface area contributed by atoms with Crippen molar-refractivity contribution >= 4 is 16.9 Å². The van der Waals surface area contributed by atoms with Crippen molar-refractivity contribution in [1.82, 2.24) is 14.5 Å². The van der Waals surface area contributed by atoms with E-state index in [0.29, 0.717) is 36.8 Å². The second-order valence-corrected chi connectivity index (χ2v) is 7.84. The van der Waals surface area contributed by atoms with Crippen molar-refractivity contribution in [3.63, 3.8) is 0 Å². The maximum absolute atomic E-state index is 12.7. The van der Waals surface area contributed by atoms with Gasteiger partial charge in [-0.2, -0.15) is 0 Å². The number of likely N-dealkylation sites (tertiary alicyclic amines) is 1. The number of para-hydroxylation sites is 1. The fourth-order valence-electron chi connectivity index (χ4n) is 3.79. The molecule has 4 rings (SSSR count). The molecular weight excluding hydrogens is 382 g/mol. The van der Waals surface area contributed by atoms with Crippen LogP contribution in [0.1, 0.15) is 18.4 Å². The molecule has 1 fully saturated rings. The molecule has 0 bridgehead atoms. The second-order valence-electron chi connectivity index (χ2n) is 7.84. The lowest BCUT2D eigenvalue weighted by atomic mass is 9.91. The van der Waals surface area contributed by atoms with Gasteiger partial charge >= 0.3 is 5.97 Å². The van der Waals surface area contributed by atoms with Gasteiger partial charge in [-0.25, -0.2) is 4.98 Å². The number of carbonyl (C=O) groups excluding carboxylic acids is 1. The number of hydrogen-bond acceptors (Lipinski definition) is 6. The van der Waals surface area contributed by atoms with Gasteiger partial charge in [-0.15, -0.1) is 0 Å². The third kappa shape index (κ3) is 4.75. The molecule has 0 spiro atoms. The molecule has 0 unspecified atom stereocenters. The number of aromatic nitrogens is 2. The van der Waals surface area contributed by atoms with Crippen LogP contribution in [0.15, 0.2) is 65.7 Å². The molecule has 7 heteroatoms. The molecule has 1 N–H and O–H groups in total. The zero-order valence-electron chi connectivity index (χ0n) is 16.7. The molecule has 1 aromatic heterocycles. The van der Waals surface area contributed by atoms with Gasteiger partial charge in [-0.3, -0.25) is 19.1 Å². The third-order valence-corrected chi connectivity index (χ3v) is 5.58. The Labute approximate surface area is 174 Å². The SMILES string of the molecule is O=C(CN1CCC(O)(Cn2cnc3ccccc3c2=O)CC1)OCc1ccccc1. The van der Waals surface area contributed by atoms with Gasteiger partial charge in [0.2, 0.25) is 0 Å². The Bertz CT molecular complexity index is 1070. The molecule has 1 aliphatic rings. The van der Waals surface area contributed by atoms with Gasteiger partial charge < -0.3 is 9.84 Å². The Hall–Kier alpha value is -3.03. The lowest BCUT2D eigenvalue weighted by molar-refractivity contribution is -0.147. The number of ether oxygens (including phenoxy) is 1. The summed E-state index contributed by atoms with van der Waals surface area (Å²) in [5.74, 6) is -0.278. The summed E-state index contributed by atoms with van der Waals surface area (Å²) in [7, 11) is 0.